The van der Waals surface area contributed by atoms with Gasteiger partial charge in [0.2, 0.25) is 0 Å². The molecule has 1 saturated carbocycles. The number of morpholine rings is 1. The molecule has 0 N–H and O–H groups in total. The Morgan fingerprint density at radius 3 is 2.36 bits per heavy atom. The van der Waals surface area contributed by atoms with Crippen molar-refractivity contribution in [3.05, 3.63) is 41.5 Å². The average molecular weight is 454 g/mol. The Morgan fingerprint density at radius 1 is 1.03 bits per heavy atom. The summed E-state index contributed by atoms with van der Waals surface area (Å²) in [6.45, 7) is 16.7. The topological polar surface area (TPSA) is 36.0 Å². The van der Waals surface area contributed by atoms with Crippen LogP contribution in [0.25, 0.3) is 0 Å². The predicted octanol–water partition coefficient (Wildman–Crippen LogP) is 4.93. The van der Waals surface area contributed by atoms with Crippen molar-refractivity contribution in [2.45, 2.75) is 58.3 Å². The van der Waals surface area contributed by atoms with Crippen molar-refractivity contribution in [3.8, 4) is 0 Å². The monoisotopic (exact) mass is 453 g/mol. The van der Waals surface area contributed by atoms with E-state index >= 15 is 0 Å². The number of unbranched alkanes of at least 4 members (excludes halogenated alkanes) is 1. The van der Waals surface area contributed by atoms with Crippen molar-refractivity contribution in [1.82, 2.24) is 9.80 Å². The molecular weight excluding hydrogens is 410 g/mol. The highest BCUT2D eigenvalue weighted by molar-refractivity contribution is 6.00. The molecule has 1 aromatic carbocycles. The van der Waals surface area contributed by atoms with Crippen molar-refractivity contribution < 1.29 is 9.53 Å². The van der Waals surface area contributed by atoms with Gasteiger partial charge in [-0.15, -0.1) is 0 Å². The number of anilines is 1. The van der Waals surface area contributed by atoms with Gasteiger partial charge < -0.3 is 14.5 Å². The van der Waals surface area contributed by atoms with Crippen molar-refractivity contribution in [3.63, 3.8) is 0 Å². The molecule has 0 spiro atoms. The van der Waals surface area contributed by atoms with Gasteiger partial charge in [0.25, 0.3) is 5.91 Å². The second-order valence-electron chi connectivity index (χ2n) is 10.2. The number of ether oxygens (including phenoxy) is 1. The first-order valence-corrected chi connectivity index (χ1v) is 13.2. The van der Waals surface area contributed by atoms with Gasteiger partial charge in [-0.2, -0.15) is 0 Å². The lowest BCUT2D eigenvalue weighted by molar-refractivity contribution is 0.0303. The van der Waals surface area contributed by atoms with Gasteiger partial charge in [0.1, 0.15) is 0 Å². The number of benzene rings is 1. The average Bonchev–Trinajstić information content (AvgIpc) is 2.87. The van der Waals surface area contributed by atoms with E-state index in [0.717, 1.165) is 31.7 Å². The lowest BCUT2D eigenvalue weighted by atomic mass is 9.75. The molecule has 5 nitrogen and oxygen atoms in total. The van der Waals surface area contributed by atoms with Crippen LogP contribution in [-0.4, -0.2) is 74.7 Å². The Kier molecular flexibility index (Phi) is 8.48. The summed E-state index contributed by atoms with van der Waals surface area (Å²) in [4.78, 5) is 20.8. The third kappa shape index (κ3) is 5.81. The van der Waals surface area contributed by atoms with Gasteiger partial charge in [-0.05, 0) is 69.0 Å². The summed E-state index contributed by atoms with van der Waals surface area (Å²) in [7, 11) is 0. The zero-order valence-corrected chi connectivity index (χ0v) is 20.9. The van der Waals surface area contributed by atoms with Crippen LogP contribution in [0.1, 0.15) is 74.2 Å². The van der Waals surface area contributed by atoms with E-state index in [-0.39, 0.29) is 5.91 Å². The number of rotatable bonds is 7. The zero-order valence-electron chi connectivity index (χ0n) is 20.9. The molecule has 1 amide bonds. The third-order valence-corrected chi connectivity index (χ3v) is 7.98. The molecule has 3 aliphatic rings. The quantitative estimate of drug-likeness (QED) is 0.549. The fourth-order valence-electron chi connectivity index (χ4n) is 5.83. The second kappa shape index (κ2) is 11.5. The molecule has 1 aromatic rings. The first-order valence-electron chi connectivity index (χ1n) is 13.2. The molecule has 0 unspecified atom stereocenters. The Morgan fingerprint density at radius 2 is 1.73 bits per heavy atom. The molecule has 0 atom stereocenters. The molecule has 3 fully saturated rings. The van der Waals surface area contributed by atoms with Crippen LogP contribution in [0.15, 0.2) is 30.4 Å². The maximum absolute atomic E-state index is 13.7. The smallest absolute Gasteiger partial charge is 0.256 e. The highest BCUT2D eigenvalue weighted by Gasteiger charge is 2.31. The van der Waals surface area contributed by atoms with Crippen molar-refractivity contribution >= 4 is 11.6 Å². The van der Waals surface area contributed by atoms with E-state index in [1.165, 1.54) is 61.9 Å². The molecule has 33 heavy (non-hydrogen) atoms. The molecule has 2 saturated heterocycles. The fourth-order valence-corrected chi connectivity index (χ4v) is 5.83. The van der Waals surface area contributed by atoms with Crippen molar-refractivity contribution in [1.29, 1.82) is 0 Å². The van der Waals surface area contributed by atoms with Crippen LogP contribution < -0.4 is 4.90 Å². The Balaban J connectivity index is 1.59. The van der Waals surface area contributed by atoms with Crippen LogP contribution in [0.3, 0.4) is 0 Å². The highest BCUT2D eigenvalue weighted by Crippen LogP contribution is 2.43. The molecule has 2 aliphatic heterocycles. The van der Waals surface area contributed by atoms with Crippen molar-refractivity contribution in [2.24, 2.45) is 5.92 Å². The van der Waals surface area contributed by atoms with Crippen LogP contribution in [0, 0.1) is 5.92 Å². The summed E-state index contributed by atoms with van der Waals surface area (Å²) in [5.74, 6) is 1.37. The van der Waals surface area contributed by atoms with Crippen molar-refractivity contribution in [2.75, 3.05) is 63.9 Å². The summed E-state index contributed by atoms with van der Waals surface area (Å²) in [6.07, 6.45) is 7.32. The van der Waals surface area contributed by atoms with E-state index in [9.17, 15) is 4.79 Å². The van der Waals surface area contributed by atoms with Gasteiger partial charge in [-0.3, -0.25) is 9.69 Å². The van der Waals surface area contributed by atoms with Crippen LogP contribution in [0.2, 0.25) is 0 Å². The zero-order chi connectivity index (χ0) is 23.2. The molecule has 5 heteroatoms. The summed E-state index contributed by atoms with van der Waals surface area (Å²) < 4.78 is 5.51. The molecule has 2 heterocycles. The lowest BCUT2D eigenvalue weighted by Gasteiger charge is -2.40. The maximum atomic E-state index is 13.7. The first-order chi connectivity index (χ1) is 16.1. The van der Waals surface area contributed by atoms with Crippen LogP contribution in [0.4, 0.5) is 5.69 Å². The minimum atomic E-state index is 0.180. The van der Waals surface area contributed by atoms with Gasteiger partial charge in [0, 0.05) is 39.3 Å². The number of hydrogen-bond donors (Lipinski definition) is 0. The van der Waals surface area contributed by atoms with Gasteiger partial charge in [-0.25, -0.2) is 0 Å². The van der Waals surface area contributed by atoms with E-state index in [2.05, 4.69) is 48.4 Å². The fraction of sp³-hybridized carbons (Fsp3) is 0.679. The molecule has 0 radical (unpaired) electrons. The molecule has 0 aromatic heterocycles. The van der Waals surface area contributed by atoms with E-state index in [4.69, 9.17) is 4.74 Å². The molecule has 0 bridgehead atoms. The third-order valence-electron chi connectivity index (χ3n) is 7.98. The maximum Gasteiger partial charge on any atom is 0.256 e. The minimum Gasteiger partial charge on any atom is -0.378 e. The Labute approximate surface area is 200 Å². The largest absolute Gasteiger partial charge is 0.378 e. The summed E-state index contributed by atoms with van der Waals surface area (Å²) >= 11 is 0. The van der Waals surface area contributed by atoms with E-state index in [0.29, 0.717) is 38.1 Å². The number of amides is 1. The lowest BCUT2D eigenvalue weighted by Crippen LogP contribution is -2.48. The predicted molar refractivity (Wildman–Crippen MR) is 136 cm³/mol. The Hall–Kier alpha value is -1.85. The molecule has 1 aliphatic carbocycles. The van der Waals surface area contributed by atoms with Gasteiger partial charge in [0.15, 0.2) is 0 Å². The first kappa shape index (κ1) is 24.3. The number of carbonyl (C=O) groups is 1. The Bertz CT molecular complexity index is 801. The van der Waals surface area contributed by atoms with E-state index in [1.54, 1.807) is 0 Å². The van der Waals surface area contributed by atoms with E-state index < -0.39 is 0 Å². The SMILES string of the molecule is C=C(C)C1CCC(c2cccc(C(=O)N3CCOCC3)c2N2CCN(CCCC)CC2)CC1. The second-order valence-corrected chi connectivity index (χ2v) is 10.2. The molecular formula is C28H43N3O2. The summed E-state index contributed by atoms with van der Waals surface area (Å²) in [5.41, 5.74) is 4.85. The highest BCUT2D eigenvalue weighted by atomic mass is 16.5. The van der Waals surface area contributed by atoms with Crippen LogP contribution >= 0.6 is 0 Å². The van der Waals surface area contributed by atoms with Crippen LogP contribution in [-0.2, 0) is 4.74 Å². The minimum absolute atomic E-state index is 0.180. The number of para-hydroxylation sites is 1. The number of nitrogens with zero attached hydrogens (tertiary/aromatic N) is 3. The normalized spacial score (nSPS) is 24.7. The summed E-state index contributed by atoms with van der Waals surface area (Å²) in [5, 5.41) is 0. The number of carbonyl (C=O) groups excluding carboxylic acids is 1. The van der Waals surface area contributed by atoms with Gasteiger partial charge in [-0.1, -0.05) is 37.6 Å². The summed E-state index contributed by atoms with van der Waals surface area (Å²) in [6, 6.07) is 6.50. The van der Waals surface area contributed by atoms with Gasteiger partial charge in [0.05, 0.1) is 24.5 Å². The number of piperazine rings is 1. The number of hydrogen-bond acceptors (Lipinski definition) is 4. The van der Waals surface area contributed by atoms with Crippen LogP contribution in [0.5, 0.6) is 0 Å². The van der Waals surface area contributed by atoms with Gasteiger partial charge >= 0.3 is 0 Å². The van der Waals surface area contributed by atoms with E-state index in [1.807, 2.05) is 4.90 Å². The standard InChI is InChI=1S/C28H43N3O2/c1-4-5-13-29-14-16-30(17-15-29)27-25(24-11-9-23(10-12-24)22(2)3)7-6-8-26(27)28(32)31-18-20-33-21-19-31/h6-8,23-24H,2,4-5,9-21H2,1,3H3. The molecule has 4 rings (SSSR count). The number of allylic oxidation sites excluding steroid dienone is 1. The molecule has 182 valence electrons.